The Morgan fingerprint density at radius 3 is 2.29 bits per heavy atom. The van der Waals surface area contributed by atoms with Gasteiger partial charge in [0.2, 0.25) is 0 Å². The molecule has 182 valence electrons. The van der Waals surface area contributed by atoms with E-state index in [1.165, 1.54) is 49.5 Å². The first kappa shape index (κ1) is 21.2. The van der Waals surface area contributed by atoms with Gasteiger partial charge in [-0.3, -0.25) is 4.79 Å². The first-order valence-electron chi connectivity index (χ1n) is 13.4. The molecule has 7 aliphatic rings. The minimum absolute atomic E-state index is 0.0136. The third kappa shape index (κ3) is 3.30. The molecular weight excluding hydrogens is 433 g/mol. The van der Waals surface area contributed by atoms with Crippen LogP contribution in [-0.4, -0.2) is 40.6 Å². The summed E-state index contributed by atoms with van der Waals surface area (Å²) in [6.07, 6.45) is 12.3. The van der Waals surface area contributed by atoms with Gasteiger partial charge in [-0.2, -0.15) is 0 Å². The highest BCUT2D eigenvalue weighted by atomic mass is 19.1. The number of piperidine rings is 1. The van der Waals surface area contributed by atoms with E-state index in [0.717, 1.165) is 49.0 Å². The highest BCUT2D eigenvalue weighted by Crippen LogP contribution is 2.60. The molecule has 34 heavy (non-hydrogen) atoms. The summed E-state index contributed by atoms with van der Waals surface area (Å²) in [5, 5.41) is 9.75. The van der Waals surface area contributed by atoms with E-state index in [2.05, 4.69) is 0 Å². The summed E-state index contributed by atoms with van der Waals surface area (Å²) in [7, 11) is 0. The molecule has 0 radical (unpaired) electrons. The molecule has 5 nitrogen and oxygen atoms in total. The fourth-order valence-electron chi connectivity index (χ4n) is 9.01. The molecule has 7 fully saturated rings. The van der Waals surface area contributed by atoms with E-state index in [4.69, 9.17) is 4.74 Å². The van der Waals surface area contributed by atoms with Gasteiger partial charge >= 0.3 is 5.97 Å². The summed E-state index contributed by atoms with van der Waals surface area (Å²) in [5.74, 6) is 1.40. The predicted octanol–water partition coefficient (Wildman–Crippen LogP) is 5.38. The molecule has 1 amide bonds. The average Bonchev–Trinajstić information content (AvgIpc) is 3.42. The van der Waals surface area contributed by atoms with Gasteiger partial charge < -0.3 is 14.7 Å². The van der Waals surface area contributed by atoms with E-state index in [1.54, 1.807) is 6.07 Å². The second-order valence-electron chi connectivity index (χ2n) is 12.6. The molecule has 1 aromatic rings. The molecule has 1 N–H and O–H groups in total. The van der Waals surface area contributed by atoms with E-state index >= 15 is 4.39 Å². The van der Waals surface area contributed by atoms with E-state index in [9.17, 15) is 14.7 Å². The topological polar surface area (TPSA) is 66.8 Å². The molecule has 2 unspecified atom stereocenters. The third-order valence-electron chi connectivity index (χ3n) is 10.1. The quantitative estimate of drug-likeness (QED) is 0.610. The van der Waals surface area contributed by atoms with Crippen LogP contribution in [0.4, 0.5) is 4.39 Å². The number of nitrogens with zero attached hydrogens (tertiary/aromatic N) is 1. The number of amides is 1. The lowest BCUT2D eigenvalue weighted by Crippen LogP contribution is -2.49. The van der Waals surface area contributed by atoms with Crippen LogP contribution >= 0.6 is 0 Å². The van der Waals surface area contributed by atoms with Crippen LogP contribution in [-0.2, 0) is 4.79 Å². The van der Waals surface area contributed by atoms with Crippen LogP contribution in [0.1, 0.15) is 92.5 Å². The molecule has 3 atom stereocenters. The molecule has 0 spiro atoms. The molecule has 0 aromatic heterocycles. The summed E-state index contributed by atoms with van der Waals surface area (Å²) < 4.78 is 21.8. The molecule has 8 rings (SSSR count). The zero-order valence-electron chi connectivity index (χ0n) is 19.7. The van der Waals surface area contributed by atoms with Crippen LogP contribution in [0.25, 0.3) is 0 Å². The van der Waals surface area contributed by atoms with Crippen molar-refractivity contribution in [2.24, 2.45) is 29.1 Å². The van der Waals surface area contributed by atoms with Gasteiger partial charge in [0.05, 0.1) is 12.2 Å². The SMILES string of the molecule is O=C(O)[C@@H]1C2CCC(C2)N1C(=O)c1cc(C2CC2)c(OCC23CC4CC(CC(C4)C2)C3)cc1F. The maximum atomic E-state index is 15.4. The average molecular weight is 468 g/mol. The number of hydrogen-bond acceptors (Lipinski definition) is 3. The van der Waals surface area contributed by atoms with Crippen LogP contribution in [0.3, 0.4) is 0 Å². The van der Waals surface area contributed by atoms with Crippen molar-refractivity contribution in [1.82, 2.24) is 4.90 Å². The smallest absolute Gasteiger partial charge is 0.326 e. The Hall–Kier alpha value is -2.11. The number of fused-ring (bicyclic) bond motifs is 2. The maximum absolute atomic E-state index is 15.4. The fraction of sp³-hybridized carbons (Fsp3) is 0.714. The van der Waals surface area contributed by atoms with Gasteiger partial charge in [0.15, 0.2) is 0 Å². The van der Waals surface area contributed by atoms with Crippen molar-refractivity contribution in [2.45, 2.75) is 88.6 Å². The number of rotatable bonds is 6. The fourth-order valence-corrected chi connectivity index (χ4v) is 9.01. The van der Waals surface area contributed by atoms with Gasteiger partial charge in [0.1, 0.15) is 17.6 Å². The van der Waals surface area contributed by atoms with Gasteiger partial charge in [0.25, 0.3) is 5.91 Å². The molecular formula is C28H34FNO4. The number of halogens is 1. The minimum atomic E-state index is -0.973. The van der Waals surface area contributed by atoms with Gasteiger partial charge in [-0.1, -0.05) is 0 Å². The second kappa shape index (κ2) is 7.44. The van der Waals surface area contributed by atoms with Gasteiger partial charge in [-0.25, -0.2) is 9.18 Å². The number of carboxylic acids is 1. The van der Waals surface area contributed by atoms with E-state index < -0.39 is 23.7 Å². The zero-order chi connectivity index (χ0) is 23.2. The number of carbonyl (C=O) groups is 2. The summed E-state index contributed by atoms with van der Waals surface area (Å²) in [6.45, 7) is 0.653. The van der Waals surface area contributed by atoms with Crippen molar-refractivity contribution in [2.75, 3.05) is 6.61 Å². The molecule has 6 bridgehead atoms. The van der Waals surface area contributed by atoms with Gasteiger partial charge in [0, 0.05) is 17.5 Å². The summed E-state index contributed by atoms with van der Waals surface area (Å²) in [5.41, 5.74) is 1.19. The number of benzene rings is 1. The zero-order valence-corrected chi connectivity index (χ0v) is 19.7. The molecule has 6 heteroatoms. The van der Waals surface area contributed by atoms with Crippen molar-refractivity contribution in [3.05, 3.63) is 29.1 Å². The third-order valence-corrected chi connectivity index (χ3v) is 10.1. The number of carbonyl (C=O) groups excluding carboxylic acids is 1. The normalized spacial score (nSPS) is 39.6. The van der Waals surface area contributed by atoms with E-state index in [0.29, 0.717) is 24.7 Å². The Morgan fingerprint density at radius 1 is 1.00 bits per heavy atom. The standard InChI is InChI=1S/C28H34FNO4/c29-23-10-24(34-14-28-11-15-5-16(12-28)7-17(6-15)13-28)21(18-1-2-18)9-22(23)26(31)30-20-4-3-19(8-20)25(30)27(32)33/h9-10,15-20,25H,1-8,11-14H2,(H,32,33)/t15?,16?,17?,19?,20?,25-,28?/m0/s1. The molecule has 1 saturated heterocycles. The number of aliphatic carboxylic acids is 1. The highest BCUT2D eigenvalue weighted by Gasteiger charge is 2.53. The van der Waals surface area contributed by atoms with Crippen molar-refractivity contribution >= 4 is 11.9 Å². The van der Waals surface area contributed by atoms with E-state index in [-0.39, 0.29) is 22.9 Å². The molecule has 1 heterocycles. The lowest BCUT2D eigenvalue weighted by atomic mass is 9.50. The predicted molar refractivity (Wildman–Crippen MR) is 123 cm³/mol. The van der Waals surface area contributed by atoms with Crippen LogP contribution in [0.2, 0.25) is 0 Å². The van der Waals surface area contributed by atoms with Gasteiger partial charge in [-0.15, -0.1) is 0 Å². The second-order valence-corrected chi connectivity index (χ2v) is 12.6. The lowest BCUT2D eigenvalue weighted by Gasteiger charge is -2.56. The summed E-state index contributed by atoms with van der Waals surface area (Å²) in [6, 6.07) is 2.19. The van der Waals surface area contributed by atoms with Crippen LogP contribution in [0.15, 0.2) is 12.1 Å². The Labute approximate surface area is 200 Å². The number of hydrogen-bond donors (Lipinski definition) is 1. The lowest BCUT2D eigenvalue weighted by molar-refractivity contribution is -0.143. The Morgan fingerprint density at radius 2 is 1.68 bits per heavy atom. The molecule has 6 saturated carbocycles. The van der Waals surface area contributed by atoms with Crippen molar-refractivity contribution < 1.29 is 23.8 Å². The summed E-state index contributed by atoms with van der Waals surface area (Å²) in [4.78, 5) is 26.8. The largest absolute Gasteiger partial charge is 0.493 e. The Balaban J connectivity index is 1.15. The number of likely N-dealkylation sites (tertiary alicyclic amines) is 1. The van der Waals surface area contributed by atoms with E-state index in [1.807, 2.05) is 0 Å². The maximum Gasteiger partial charge on any atom is 0.326 e. The first-order chi connectivity index (χ1) is 16.4. The number of ether oxygens (including phenoxy) is 1. The van der Waals surface area contributed by atoms with Crippen molar-refractivity contribution in [3.63, 3.8) is 0 Å². The molecule has 1 aromatic carbocycles. The summed E-state index contributed by atoms with van der Waals surface area (Å²) >= 11 is 0. The first-order valence-corrected chi connectivity index (χ1v) is 13.4. The van der Waals surface area contributed by atoms with Crippen molar-refractivity contribution in [3.8, 4) is 5.75 Å². The monoisotopic (exact) mass is 467 g/mol. The molecule has 6 aliphatic carbocycles. The number of carboxylic acid groups (broad SMARTS) is 1. The van der Waals surface area contributed by atoms with Crippen LogP contribution < -0.4 is 4.74 Å². The van der Waals surface area contributed by atoms with Crippen LogP contribution in [0, 0.1) is 34.9 Å². The Kier molecular flexibility index (Phi) is 4.64. The van der Waals surface area contributed by atoms with Gasteiger partial charge in [-0.05, 0) is 112 Å². The van der Waals surface area contributed by atoms with Crippen LogP contribution in [0.5, 0.6) is 5.75 Å². The van der Waals surface area contributed by atoms with Crippen molar-refractivity contribution in [1.29, 1.82) is 0 Å². The minimum Gasteiger partial charge on any atom is -0.493 e. The highest BCUT2D eigenvalue weighted by molar-refractivity contribution is 5.98. The molecule has 1 aliphatic heterocycles. The Bertz CT molecular complexity index is 1010.